The van der Waals surface area contributed by atoms with E-state index in [0.29, 0.717) is 24.4 Å². The zero-order valence-corrected chi connectivity index (χ0v) is 14.4. The van der Waals surface area contributed by atoms with Gasteiger partial charge in [0, 0.05) is 22.7 Å². The molecule has 0 saturated heterocycles. The topological polar surface area (TPSA) is 52.6 Å². The van der Waals surface area contributed by atoms with Gasteiger partial charge in [-0.2, -0.15) is 23.5 Å². The van der Waals surface area contributed by atoms with E-state index in [9.17, 15) is 9.59 Å². The van der Waals surface area contributed by atoms with Crippen LogP contribution >= 0.6 is 23.5 Å². The molecular formula is C15H24O4S2. The van der Waals surface area contributed by atoms with Crippen molar-refractivity contribution >= 4 is 35.5 Å². The molecule has 6 heteroatoms. The third-order valence-corrected chi connectivity index (χ3v) is 4.26. The number of hydrogen-bond donors (Lipinski definition) is 0. The second-order valence-electron chi connectivity index (χ2n) is 4.41. The average Bonchev–Trinajstić information content (AvgIpc) is 2.43. The van der Waals surface area contributed by atoms with Crippen molar-refractivity contribution in [2.24, 2.45) is 0 Å². The summed E-state index contributed by atoms with van der Waals surface area (Å²) in [5.74, 6) is 3.03. The Labute approximate surface area is 135 Å². The van der Waals surface area contributed by atoms with Crippen molar-refractivity contribution < 1.29 is 19.1 Å². The number of ether oxygens (including phenoxy) is 2. The molecule has 4 nitrogen and oxygen atoms in total. The third-order valence-electron chi connectivity index (χ3n) is 2.20. The first kappa shape index (κ1) is 20.1. The van der Waals surface area contributed by atoms with E-state index in [1.165, 1.54) is 0 Å². The van der Waals surface area contributed by atoms with E-state index >= 15 is 0 Å². The smallest absolute Gasteiger partial charge is 0.333 e. The Balaban J connectivity index is 3.23. The van der Waals surface area contributed by atoms with Gasteiger partial charge in [-0.05, 0) is 31.8 Å². The molecule has 0 amide bonds. The van der Waals surface area contributed by atoms with Gasteiger partial charge in [-0.1, -0.05) is 13.2 Å². The fraction of sp³-hybridized carbons (Fsp3) is 0.600. The van der Waals surface area contributed by atoms with E-state index < -0.39 is 0 Å². The molecule has 0 rings (SSSR count). The maximum atomic E-state index is 11.1. The summed E-state index contributed by atoms with van der Waals surface area (Å²) >= 11 is 3.52. The molecule has 0 aromatic heterocycles. The Kier molecular flexibility index (Phi) is 12.3. The number of esters is 2. The predicted molar refractivity (Wildman–Crippen MR) is 90.8 cm³/mol. The summed E-state index contributed by atoms with van der Waals surface area (Å²) in [5.41, 5.74) is 0.868. The number of carbonyl (C=O) groups excluding carboxylic acids is 2. The SMILES string of the molecule is C=C(C)C(=O)OCCSCCCSCCOC(=O)C(=C)C. The standard InChI is InChI=1S/C15H24O4S2/c1-12(2)14(16)18-6-10-20-8-5-9-21-11-7-19-15(17)13(3)4/h1,3,5-11H2,2,4H3. The van der Waals surface area contributed by atoms with Gasteiger partial charge in [0.25, 0.3) is 0 Å². The largest absolute Gasteiger partial charge is 0.461 e. The molecule has 0 fully saturated rings. The molecule has 0 aliphatic heterocycles. The fourth-order valence-electron chi connectivity index (χ4n) is 1.10. The van der Waals surface area contributed by atoms with Gasteiger partial charge in [-0.3, -0.25) is 0 Å². The highest BCUT2D eigenvalue weighted by atomic mass is 32.2. The molecule has 21 heavy (non-hydrogen) atoms. The number of carbonyl (C=O) groups is 2. The molecule has 0 bridgehead atoms. The summed E-state index contributed by atoms with van der Waals surface area (Å²) in [6, 6.07) is 0. The number of rotatable bonds is 12. The molecule has 0 spiro atoms. The van der Waals surface area contributed by atoms with Crippen molar-refractivity contribution in [2.75, 3.05) is 36.2 Å². The van der Waals surface area contributed by atoms with Gasteiger partial charge in [0.15, 0.2) is 0 Å². The summed E-state index contributed by atoms with van der Waals surface area (Å²) in [4.78, 5) is 22.2. The van der Waals surface area contributed by atoms with Crippen molar-refractivity contribution in [3.63, 3.8) is 0 Å². The van der Waals surface area contributed by atoms with Crippen molar-refractivity contribution in [1.29, 1.82) is 0 Å². The lowest BCUT2D eigenvalue weighted by atomic mass is 10.4. The van der Waals surface area contributed by atoms with Gasteiger partial charge in [0.05, 0.1) is 0 Å². The summed E-state index contributed by atoms with van der Waals surface area (Å²) < 4.78 is 9.97. The number of thioether (sulfide) groups is 2. The van der Waals surface area contributed by atoms with Crippen LogP contribution in [0.1, 0.15) is 20.3 Å². The van der Waals surface area contributed by atoms with Crippen LogP contribution in [0.25, 0.3) is 0 Å². The minimum atomic E-state index is -0.324. The van der Waals surface area contributed by atoms with Gasteiger partial charge in [-0.15, -0.1) is 0 Å². The molecule has 0 aliphatic rings. The minimum Gasteiger partial charge on any atom is -0.461 e. The summed E-state index contributed by atoms with van der Waals surface area (Å²) in [5, 5.41) is 0. The van der Waals surface area contributed by atoms with Gasteiger partial charge < -0.3 is 9.47 Å². The normalized spacial score (nSPS) is 10.0. The average molecular weight is 332 g/mol. The van der Waals surface area contributed by atoms with E-state index in [4.69, 9.17) is 9.47 Å². The first-order chi connectivity index (χ1) is 9.95. The van der Waals surface area contributed by atoms with Crippen molar-refractivity contribution in [3.8, 4) is 0 Å². The van der Waals surface area contributed by atoms with E-state index in [-0.39, 0.29) is 11.9 Å². The molecular weight excluding hydrogens is 308 g/mol. The Hall–Kier alpha value is -0.880. The zero-order chi connectivity index (χ0) is 16.1. The molecule has 120 valence electrons. The highest BCUT2D eigenvalue weighted by Gasteiger charge is 2.03. The Bertz CT molecular complexity index is 333. The highest BCUT2D eigenvalue weighted by molar-refractivity contribution is 8.00. The van der Waals surface area contributed by atoms with Crippen LogP contribution in [-0.2, 0) is 19.1 Å². The molecule has 0 aromatic carbocycles. The van der Waals surface area contributed by atoms with Crippen LogP contribution in [0.4, 0.5) is 0 Å². The maximum Gasteiger partial charge on any atom is 0.333 e. The molecule has 0 unspecified atom stereocenters. The molecule has 0 heterocycles. The molecule has 0 aromatic rings. The second kappa shape index (κ2) is 12.8. The molecule has 0 N–H and O–H groups in total. The Morgan fingerprint density at radius 3 is 1.52 bits per heavy atom. The van der Waals surface area contributed by atoms with Crippen LogP contribution in [0.3, 0.4) is 0 Å². The quantitative estimate of drug-likeness (QED) is 0.311. The van der Waals surface area contributed by atoms with Gasteiger partial charge in [0.2, 0.25) is 0 Å². The van der Waals surface area contributed by atoms with Crippen LogP contribution in [0.15, 0.2) is 24.3 Å². The van der Waals surface area contributed by atoms with E-state index in [2.05, 4.69) is 13.2 Å². The van der Waals surface area contributed by atoms with Gasteiger partial charge in [-0.25, -0.2) is 9.59 Å². The monoisotopic (exact) mass is 332 g/mol. The van der Waals surface area contributed by atoms with Crippen LogP contribution in [0, 0.1) is 0 Å². The Morgan fingerprint density at radius 1 is 0.810 bits per heavy atom. The fourth-order valence-corrected chi connectivity index (χ4v) is 2.79. The highest BCUT2D eigenvalue weighted by Crippen LogP contribution is 2.08. The summed E-state index contributed by atoms with van der Waals surface area (Å²) in [6.07, 6.45) is 1.08. The first-order valence-electron chi connectivity index (χ1n) is 6.76. The van der Waals surface area contributed by atoms with Crippen molar-refractivity contribution in [1.82, 2.24) is 0 Å². The second-order valence-corrected chi connectivity index (χ2v) is 6.86. The zero-order valence-electron chi connectivity index (χ0n) is 12.8. The molecule has 0 aliphatic carbocycles. The maximum absolute atomic E-state index is 11.1. The number of hydrogen-bond acceptors (Lipinski definition) is 6. The van der Waals surface area contributed by atoms with Gasteiger partial charge in [0.1, 0.15) is 13.2 Å². The lowest BCUT2D eigenvalue weighted by molar-refractivity contribution is -0.139. The lowest BCUT2D eigenvalue weighted by Gasteiger charge is -2.05. The van der Waals surface area contributed by atoms with Crippen LogP contribution in [0.5, 0.6) is 0 Å². The van der Waals surface area contributed by atoms with Crippen LogP contribution in [0.2, 0.25) is 0 Å². The lowest BCUT2D eigenvalue weighted by Crippen LogP contribution is -2.08. The van der Waals surface area contributed by atoms with Crippen LogP contribution < -0.4 is 0 Å². The molecule has 0 atom stereocenters. The third kappa shape index (κ3) is 12.6. The van der Waals surface area contributed by atoms with Crippen molar-refractivity contribution in [3.05, 3.63) is 24.3 Å². The van der Waals surface area contributed by atoms with Gasteiger partial charge >= 0.3 is 11.9 Å². The Morgan fingerprint density at radius 2 is 1.19 bits per heavy atom. The summed E-state index contributed by atoms with van der Waals surface area (Å²) in [7, 11) is 0. The van der Waals surface area contributed by atoms with Crippen LogP contribution in [-0.4, -0.2) is 48.2 Å². The predicted octanol–water partition coefficient (Wildman–Crippen LogP) is 3.08. The molecule has 0 radical (unpaired) electrons. The van der Waals surface area contributed by atoms with E-state index in [1.54, 1.807) is 37.4 Å². The first-order valence-corrected chi connectivity index (χ1v) is 9.07. The molecule has 0 saturated carbocycles. The van der Waals surface area contributed by atoms with E-state index in [1.807, 2.05) is 0 Å². The van der Waals surface area contributed by atoms with Crippen molar-refractivity contribution in [2.45, 2.75) is 20.3 Å². The minimum absolute atomic E-state index is 0.324. The summed E-state index contributed by atoms with van der Waals surface area (Å²) in [6.45, 7) is 11.2. The van der Waals surface area contributed by atoms with E-state index in [0.717, 1.165) is 29.4 Å².